The van der Waals surface area contributed by atoms with E-state index in [0.717, 1.165) is 6.07 Å². The Hall–Kier alpha value is -2.04. The summed E-state index contributed by atoms with van der Waals surface area (Å²) in [6.07, 6.45) is 1.42. The third-order valence-corrected chi connectivity index (χ3v) is 2.07. The molecule has 15 heavy (non-hydrogen) atoms. The minimum absolute atomic E-state index is 0.124. The molecule has 0 atom stereocenters. The van der Waals surface area contributed by atoms with Crippen molar-refractivity contribution in [3.05, 3.63) is 30.2 Å². The van der Waals surface area contributed by atoms with Gasteiger partial charge in [0.25, 0.3) is 0 Å². The smallest absolute Gasteiger partial charge is 0.229 e. The first-order chi connectivity index (χ1) is 7.08. The number of halogens is 1. The standard InChI is InChI=1S/C10H9FN2O2/c1-13-5-9(15)12-10(13)6-2-3-8(14)7(11)4-6/h2-5,14-15H,1H3. The maximum absolute atomic E-state index is 13.1. The van der Waals surface area contributed by atoms with Gasteiger partial charge in [-0.05, 0) is 18.2 Å². The number of nitrogens with zero attached hydrogens (tertiary/aromatic N) is 2. The van der Waals surface area contributed by atoms with E-state index in [9.17, 15) is 4.39 Å². The Morgan fingerprint density at radius 1 is 1.33 bits per heavy atom. The fourth-order valence-corrected chi connectivity index (χ4v) is 1.36. The summed E-state index contributed by atoms with van der Waals surface area (Å²) in [4.78, 5) is 3.82. The molecular formula is C10H9FN2O2. The average Bonchev–Trinajstić information content (AvgIpc) is 2.50. The Bertz CT molecular complexity index is 508. The lowest BCUT2D eigenvalue weighted by molar-refractivity contribution is 0.432. The van der Waals surface area contributed by atoms with Gasteiger partial charge in [0.1, 0.15) is 5.82 Å². The zero-order chi connectivity index (χ0) is 11.0. The van der Waals surface area contributed by atoms with Crippen LogP contribution in [0, 0.1) is 5.82 Å². The Balaban J connectivity index is 2.54. The van der Waals surface area contributed by atoms with Crippen LogP contribution in [-0.2, 0) is 7.05 Å². The van der Waals surface area contributed by atoms with Gasteiger partial charge in [-0.2, -0.15) is 4.98 Å². The molecule has 0 spiro atoms. The lowest BCUT2D eigenvalue weighted by Gasteiger charge is -2.02. The second kappa shape index (κ2) is 3.27. The van der Waals surface area contributed by atoms with Crippen LogP contribution in [0.3, 0.4) is 0 Å². The predicted molar refractivity (Wildman–Crippen MR) is 51.9 cm³/mol. The summed E-state index contributed by atoms with van der Waals surface area (Å²) in [5.74, 6) is -0.806. The van der Waals surface area contributed by atoms with Gasteiger partial charge in [-0.3, -0.25) is 0 Å². The van der Waals surface area contributed by atoms with Crippen molar-refractivity contribution in [3.63, 3.8) is 0 Å². The van der Waals surface area contributed by atoms with E-state index < -0.39 is 11.6 Å². The van der Waals surface area contributed by atoms with Crippen molar-refractivity contribution in [2.24, 2.45) is 7.05 Å². The molecule has 2 N–H and O–H groups in total. The number of aromatic hydroxyl groups is 2. The summed E-state index contributed by atoms with van der Waals surface area (Å²) in [5.41, 5.74) is 0.494. The van der Waals surface area contributed by atoms with Gasteiger partial charge in [-0.25, -0.2) is 4.39 Å². The number of aromatic nitrogens is 2. The lowest BCUT2D eigenvalue weighted by Crippen LogP contribution is -1.91. The molecule has 0 bridgehead atoms. The molecule has 4 nitrogen and oxygen atoms in total. The predicted octanol–water partition coefficient (Wildman–Crippen LogP) is 1.64. The minimum atomic E-state index is -0.713. The second-order valence-corrected chi connectivity index (χ2v) is 3.20. The van der Waals surface area contributed by atoms with Gasteiger partial charge in [0.2, 0.25) is 5.88 Å². The van der Waals surface area contributed by atoms with Crippen molar-refractivity contribution in [2.45, 2.75) is 0 Å². The molecule has 0 saturated carbocycles. The first-order valence-corrected chi connectivity index (χ1v) is 4.29. The van der Waals surface area contributed by atoms with Crippen molar-refractivity contribution < 1.29 is 14.6 Å². The number of phenols is 1. The van der Waals surface area contributed by atoms with Crippen LogP contribution in [0.2, 0.25) is 0 Å². The van der Waals surface area contributed by atoms with Crippen LogP contribution in [0.1, 0.15) is 0 Å². The Morgan fingerprint density at radius 3 is 2.60 bits per heavy atom. The molecule has 1 aromatic heterocycles. The summed E-state index contributed by atoms with van der Waals surface area (Å²) in [5, 5.41) is 18.2. The molecular weight excluding hydrogens is 199 g/mol. The summed E-state index contributed by atoms with van der Waals surface area (Å²) < 4.78 is 14.6. The van der Waals surface area contributed by atoms with Gasteiger partial charge >= 0.3 is 0 Å². The van der Waals surface area contributed by atoms with Crippen LogP contribution in [0.15, 0.2) is 24.4 Å². The van der Waals surface area contributed by atoms with E-state index >= 15 is 0 Å². The molecule has 1 aromatic carbocycles. The summed E-state index contributed by atoms with van der Waals surface area (Å²) in [6, 6.07) is 3.94. The Kier molecular flexibility index (Phi) is 2.07. The van der Waals surface area contributed by atoms with Gasteiger partial charge in [0, 0.05) is 12.6 Å². The van der Waals surface area contributed by atoms with Gasteiger partial charge in [0.05, 0.1) is 6.20 Å². The summed E-state index contributed by atoms with van der Waals surface area (Å²) >= 11 is 0. The molecule has 0 radical (unpaired) electrons. The van der Waals surface area contributed by atoms with E-state index in [0.29, 0.717) is 11.4 Å². The summed E-state index contributed by atoms with van der Waals surface area (Å²) in [7, 11) is 1.69. The Labute approximate surface area is 85.2 Å². The topological polar surface area (TPSA) is 58.3 Å². The highest BCUT2D eigenvalue weighted by Crippen LogP contribution is 2.25. The first-order valence-electron chi connectivity index (χ1n) is 4.29. The van der Waals surface area contributed by atoms with E-state index in [4.69, 9.17) is 10.2 Å². The number of benzene rings is 1. The second-order valence-electron chi connectivity index (χ2n) is 3.20. The van der Waals surface area contributed by atoms with Crippen LogP contribution in [-0.4, -0.2) is 19.8 Å². The van der Waals surface area contributed by atoms with Crippen LogP contribution in [0.4, 0.5) is 4.39 Å². The van der Waals surface area contributed by atoms with E-state index in [1.807, 2.05) is 0 Å². The van der Waals surface area contributed by atoms with E-state index in [1.165, 1.54) is 18.3 Å². The van der Waals surface area contributed by atoms with Crippen LogP contribution in [0.5, 0.6) is 11.6 Å². The molecule has 2 aromatic rings. The fourth-order valence-electron chi connectivity index (χ4n) is 1.36. The Morgan fingerprint density at radius 2 is 2.07 bits per heavy atom. The number of phenolic OH excluding ortho intramolecular Hbond substituents is 1. The van der Waals surface area contributed by atoms with Gasteiger partial charge in [0.15, 0.2) is 11.6 Å². The van der Waals surface area contributed by atoms with Gasteiger partial charge < -0.3 is 14.8 Å². The monoisotopic (exact) mass is 208 g/mol. The quantitative estimate of drug-likeness (QED) is 0.748. The fraction of sp³-hybridized carbons (Fsp3) is 0.100. The minimum Gasteiger partial charge on any atom is -0.505 e. The third kappa shape index (κ3) is 1.63. The molecule has 0 fully saturated rings. The summed E-state index contributed by atoms with van der Waals surface area (Å²) in [6.45, 7) is 0. The normalized spacial score (nSPS) is 10.5. The van der Waals surface area contributed by atoms with Gasteiger partial charge in [-0.15, -0.1) is 0 Å². The van der Waals surface area contributed by atoms with Crippen LogP contribution in [0.25, 0.3) is 11.4 Å². The highest BCUT2D eigenvalue weighted by Gasteiger charge is 2.09. The van der Waals surface area contributed by atoms with Crippen molar-refractivity contribution in [1.29, 1.82) is 0 Å². The number of hydrogen-bond acceptors (Lipinski definition) is 3. The van der Waals surface area contributed by atoms with Crippen molar-refractivity contribution in [2.75, 3.05) is 0 Å². The van der Waals surface area contributed by atoms with Crippen LogP contribution < -0.4 is 0 Å². The molecule has 0 aliphatic rings. The number of hydrogen-bond donors (Lipinski definition) is 2. The molecule has 0 saturated heterocycles. The zero-order valence-corrected chi connectivity index (χ0v) is 7.98. The average molecular weight is 208 g/mol. The maximum Gasteiger partial charge on any atom is 0.229 e. The number of rotatable bonds is 1. The van der Waals surface area contributed by atoms with Crippen molar-refractivity contribution in [1.82, 2.24) is 9.55 Å². The number of aryl methyl sites for hydroxylation is 1. The highest BCUT2D eigenvalue weighted by molar-refractivity contribution is 5.58. The molecule has 78 valence electrons. The molecule has 2 rings (SSSR count). The largest absolute Gasteiger partial charge is 0.505 e. The molecule has 0 amide bonds. The maximum atomic E-state index is 13.1. The zero-order valence-electron chi connectivity index (χ0n) is 7.98. The molecule has 0 aliphatic carbocycles. The van der Waals surface area contributed by atoms with Crippen molar-refractivity contribution >= 4 is 0 Å². The highest BCUT2D eigenvalue weighted by atomic mass is 19.1. The lowest BCUT2D eigenvalue weighted by atomic mass is 10.2. The SMILES string of the molecule is Cn1cc(O)nc1-c1ccc(O)c(F)c1. The van der Waals surface area contributed by atoms with Crippen LogP contribution >= 0.6 is 0 Å². The van der Waals surface area contributed by atoms with Gasteiger partial charge in [-0.1, -0.05) is 0 Å². The van der Waals surface area contributed by atoms with E-state index in [1.54, 1.807) is 11.6 Å². The number of imidazole rings is 1. The third-order valence-electron chi connectivity index (χ3n) is 2.07. The molecule has 5 heteroatoms. The first kappa shape index (κ1) is 9.51. The van der Waals surface area contributed by atoms with E-state index in [-0.39, 0.29) is 5.88 Å². The van der Waals surface area contributed by atoms with Crippen molar-refractivity contribution in [3.8, 4) is 23.0 Å². The van der Waals surface area contributed by atoms with E-state index in [2.05, 4.69) is 4.98 Å². The molecule has 1 heterocycles. The molecule has 0 unspecified atom stereocenters. The molecule has 0 aliphatic heterocycles.